The summed E-state index contributed by atoms with van der Waals surface area (Å²) in [4.78, 5) is 75.3. The van der Waals surface area contributed by atoms with Gasteiger partial charge in [0.1, 0.15) is 29.6 Å². The van der Waals surface area contributed by atoms with Crippen molar-refractivity contribution in [3.8, 4) is 28.3 Å². The highest BCUT2D eigenvalue weighted by Crippen LogP contribution is 2.35. The lowest BCUT2D eigenvalue weighted by Crippen LogP contribution is -2.49. The van der Waals surface area contributed by atoms with Crippen LogP contribution in [0, 0.1) is 23.0 Å². The highest BCUT2D eigenvalue weighted by molar-refractivity contribution is 6.01. The zero-order valence-corrected chi connectivity index (χ0v) is 39.4. The Bertz CT molecular complexity index is 2990. The maximum Gasteiger partial charge on any atom is 0.290 e. The van der Waals surface area contributed by atoms with E-state index in [-0.39, 0.29) is 54.8 Å². The van der Waals surface area contributed by atoms with Crippen LogP contribution in [0.25, 0.3) is 27.8 Å². The highest BCUT2D eigenvalue weighted by Gasteiger charge is 2.30. The molecule has 4 amide bonds. The van der Waals surface area contributed by atoms with Crippen molar-refractivity contribution in [2.75, 3.05) is 69.1 Å². The van der Waals surface area contributed by atoms with Gasteiger partial charge in [0.05, 0.1) is 48.7 Å². The molecular formula is C51H53F2N13O6. The number of carbonyl (C=O) groups is 5. The number of imide groups is 1. The zero-order chi connectivity index (χ0) is 50.3. The number of fused-ring (bicyclic) bond motifs is 1. The van der Waals surface area contributed by atoms with E-state index in [0.29, 0.717) is 93.3 Å². The first-order valence-corrected chi connectivity index (χ1v) is 24.0. The van der Waals surface area contributed by atoms with Crippen LogP contribution in [0.2, 0.25) is 0 Å². The molecule has 0 saturated carbocycles. The normalized spacial score (nSPS) is 18.0. The van der Waals surface area contributed by atoms with Gasteiger partial charge in [-0.05, 0) is 99.1 Å². The number of nitrogens with one attached hydrogen (secondary N) is 2. The van der Waals surface area contributed by atoms with Crippen molar-refractivity contribution in [1.82, 2.24) is 49.4 Å². The van der Waals surface area contributed by atoms with Crippen molar-refractivity contribution >= 4 is 47.1 Å². The van der Waals surface area contributed by atoms with E-state index in [0.717, 1.165) is 60.0 Å². The number of piperidine rings is 3. The number of amides is 4. The van der Waals surface area contributed by atoms with Gasteiger partial charge in [-0.3, -0.25) is 43.9 Å². The lowest BCUT2D eigenvalue weighted by atomic mass is 9.89. The van der Waals surface area contributed by atoms with Gasteiger partial charge >= 0.3 is 0 Å². The van der Waals surface area contributed by atoms with Gasteiger partial charge in [-0.2, -0.15) is 15.5 Å². The standard InChI is InChI=1S/C50H51F2N13O4.CH2O2/c51-37-2-3-38(54-28-37)23-47(67)63-19-17-61(18-20-63)45-7-1-33(25-55-45)42-21-34(29-65-49(42)35(24-53)26-57-65)36-27-56-64(30-36)40-11-15-62(16-12-40)48(68)31-60-13-9-32(10-14-60)41-5-4-39(22-43(41)52)58-44-6-8-46(66)59-50(44)69;2-1-3/h1-5,7,21-22,25-30,32,40,44,58H,6,8-20,23,31H2,(H,59,66,69);1H,(H,2,3). The average molecular weight is 982 g/mol. The molecule has 0 spiro atoms. The Morgan fingerprint density at radius 1 is 0.806 bits per heavy atom. The molecule has 4 aliphatic rings. The predicted molar refractivity (Wildman–Crippen MR) is 259 cm³/mol. The summed E-state index contributed by atoms with van der Waals surface area (Å²) in [7, 11) is 0. The molecule has 3 N–H and O–H groups in total. The molecular weight excluding hydrogens is 929 g/mol. The molecule has 0 bridgehead atoms. The molecule has 1 aromatic carbocycles. The summed E-state index contributed by atoms with van der Waals surface area (Å²) < 4.78 is 32.3. The van der Waals surface area contributed by atoms with Crippen LogP contribution in [0.15, 0.2) is 85.7 Å². The molecule has 4 aliphatic heterocycles. The molecule has 9 heterocycles. The van der Waals surface area contributed by atoms with E-state index in [9.17, 15) is 28.8 Å². The van der Waals surface area contributed by atoms with Gasteiger partial charge in [-0.1, -0.05) is 6.07 Å². The summed E-state index contributed by atoms with van der Waals surface area (Å²) >= 11 is 0. The third kappa shape index (κ3) is 11.1. The molecule has 1 atom stereocenters. The number of aromatic nitrogens is 6. The van der Waals surface area contributed by atoms with Crippen LogP contribution in [-0.4, -0.2) is 144 Å². The monoisotopic (exact) mass is 981 g/mol. The van der Waals surface area contributed by atoms with Crippen LogP contribution in [-0.2, 0) is 30.4 Å². The second kappa shape index (κ2) is 21.9. The number of benzene rings is 1. The average Bonchev–Trinajstić information content (AvgIpc) is 4.07. The smallest absolute Gasteiger partial charge is 0.290 e. The predicted octanol–water partition coefficient (Wildman–Crippen LogP) is 4.66. The first-order chi connectivity index (χ1) is 35.0. The minimum atomic E-state index is -0.580. The lowest BCUT2D eigenvalue weighted by molar-refractivity contribution is -0.135. The largest absolute Gasteiger partial charge is 0.483 e. The van der Waals surface area contributed by atoms with Crippen molar-refractivity contribution in [3.63, 3.8) is 0 Å². The highest BCUT2D eigenvalue weighted by atomic mass is 19.1. The van der Waals surface area contributed by atoms with Gasteiger partial charge in [0.15, 0.2) is 0 Å². The Balaban J connectivity index is 0.00000208. The lowest BCUT2D eigenvalue weighted by Gasteiger charge is -2.36. The number of nitriles is 1. The molecule has 72 heavy (non-hydrogen) atoms. The molecule has 4 fully saturated rings. The molecule has 0 aliphatic carbocycles. The quantitative estimate of drug-likeness (QED) is 0.119. The van der Waals surface area contributed by atoms with Gasteiger partial charge in [0.2, 0.25) is 23.6 Å². The maximum atomic E-state index is 15.3. The van der Waals surface area contributed by atoms with E-state index in [1.54, 1.807) is 33.9 Å². The van der Waals surface area contributed by atoms with E-state index in [1.165, 1.54) is 18.2 Å². The van der Waals surface area contributed by atoms with Crippen molar-refractivity contribution < 1.29 is 37.9 Å². The Morgan fingerprint density at radius 2 is 1.57 bits per heavy atom. The number of pyridine rings is 3. The van der Waals surface area contributed by atoms with Gasteiger partial charge in [0, 0.05) is 97.9 Å². The second-order valence-corrected chi connectivity index (χ2v) is 18.4. The summed E-state index contributed by atoms with van der Waals surface area (Å²) in [6.07, 6.45) is 14.0. The maximum absolute atomic E-state index is 15.3. The number of halogens is 2. The van der Waals surface area contributed by atoms with Crippen LogP contribution in [0.1, 0.15) is 67.3 Å². The van der Waals surface area contributed by atoms with Crippen LogP contribution in [0.3, 0.4) is 0 Å². The van der Waals surface area contributed by atoms with Gasteiger partial charge < -0.3 is 25.1 Å². The molecule has 0 radical (unpaired) electrons. The molecule has 10 rings (SSSR count). The number of carboxylic acid groups (broad SMARTS) is 1. The summed E-state index contributed by atoms with van der Waals surface area (Å²) in [6, 6.07) is 15.6. The second-order valence-electron chi connectivity index (χ2n) is 18.4. The molecule has 5 aromatic heterocycles. The Kier molecular flexibility index (Phi) is 14.9. The number of anilines is 2. The third-order valence-electron chi connectivity index (χ3n) is 14.0. The number of rotatable bonds is 11. The third-order valence-corrected chi connectivity index (χ3v) is 14.0. The Hall–Kier alpha value is -8.12. The molecule has 21 heteroatoms. The van der Waals surface area contributed by atoms with Crippen LogP contribution >= 0.6 is 0 Å². The number of piperazine rings is 1. The van der Waals surface area contributed by atoms with Crippen LogP contribution in [0.4, 0.5) is 20.3 Å². The molecule has 1 unspecified atom stereocenters. The number of nitrogens with zero attached hydrogens (tertiary/aromatic N) is 11. The fraction of sp³-hybridized carbons (Fsp3) is 0.373. The van der Waals surface area contributed by atoms with E-state index in [1.807, 2.05) is 46.4 Å². The fourth-order valence-corrected chi connectivity index (χ4v) is 10.0. The van der Waals surface area contributed by atoms with Crippen molar-refractivity contribution in [2.45, 2.75) is 62.9 Å². The first kappa shape index (κ1) is 48.9. The summed E-state index contributed by atoms with van der Waals surface area (Å²) in [5.41, 5.74) is 6.17. The zero-order valence-electron chi connectivity index (χ0n) is 39.4. The minimum absolute atomic E-state index is 0.0301. The van der Waals surface area contributed by atoms with E-state index < -0.39 is 17.8 Å². The van der Waals surface area contributed by atoms with Crippen molar-refractivity contribution in [3.05, 3.63) is 114 Å². The SMILES string of the molecule is N#Cc1cnn2cc(-c3cnn(C4CCN(C(=O)CN5CCC(c6ccc(NC7CCC(=O)NC7=O)cc6F)CC5)CC4)c3)cc(-c3ccc(N4CCN(C(=O)Cc5ccc(F)cn5)CC4)nc3)c12.O=CO. The van der Waals surface area contributed by atoms with Crippen LogP contribution < -0.4 is 15.5 Å². The molecule has 19 nitrogen and oxygen atoms in total. The molecule has 372 valence electrons. The van der Waals surface area contributed by atoms with Gasteiger partial charge in [0.25, 0.3) is 6.47 Å². The fourth-order valence-electron chi connectivity index (χ4n) is 10.0. The molecule has 6 aromatic rings. The van der Waals surface area contributed by atoms with Crippen molar-refractivity contribution in [1.29, 1.82) is 5.26 Å². The first-order valence-electron chi connectivity index (χ1n) is 24.0. The summed E-state index contributed by atoms with van der Waals surface area (Å²) in [5.74, 6) is -0.611. The van der Waals surface area contributed by atoms with E-state index >= 15 is 4.39 Å². The Morgan fingerprint density at radius 3 is 2.25 bits per heavy atom. The Labute approximate surface area is 413 Å². The van der Waals surface area contributed by atoms with Crippen molar-refractivity contribution in [2.24, 2.45) is 0 Å². The number of hydrogen-bond acceptors (Lipinski definition) is 13. The van der Waals surface area contributed by atoms with Gasteiger partial charge in [-0.15, -0.1) is 0 Å². The number of carbonyl (C=O) groups excluding carboxylic acids is 4. The summed E-state index contributed by atoms with van der Waals surface area (Å²) in [6.45, 7) is 4.95. The topological polar surface area (TPSA) is 227 Å². The number of hydrogen-bond donors (Lipinski definition) is 3. The van der Waals surface area contributed by atoms with Crippen LogP contribution in [0.5, 0.6) is 0 Å². The summed E-state index contributed by atoms with van der Waals surface area (Å²) in [5, 5.41) is 31.5. The molecule has 4 saturated heterocycles. The van der Waals surface area contributed by atoms with E-state index in [4.69, 9.17) is 20.0 Å². The number of likely N-dealkylation sites (tertiary alicyclic amines) is 2. The van der Waals surface area contributed by atoms with E-state index in [2.05, 4.69) is 36.6 Å². The minimum Gasteiger partial charge on any atom is -0.483 e. The van der Waals surface area contributed by atoms with Gasteiger partial charge in [-0.25, -0.2) is 18.3 Å².